The number of rotatable bonds is 5. The van der Waals surface area contributed by atoms with Crippen molar-refractivity contribution in [1.29, 1.82) is 0 Å². The number of anilines is 1. The van der Waals surface area contributed by atoms with Crippen LogP contribution < -0.4 is 5.32 Å². The number of carbonyl (C=O) groups is 1. The molecule has 1 aliphatic heterocycles. The molecule has 1 fully saturated rings. The first-order valence-corrected chi connectivity index (χ1v) is 9.39. The molecule has 2 aromatic rings. The van der Waals surface area contributed by atoms with Crippen molar-refractivity contribution in [3.05, 3.63) is 42.7 Å². The lowest BCUT2D eigenvalue weighted by molar-refractivity contribution is -0.119. The first kappa shape index (κ1) is 17.6. The predicted octanol–water partition coefficient (Wildman–Crippen LogP) is 1.08. The second kappa shape index (κ2) is 6.95. The lowest BCUT2D eigenvalue weighted by atomic mass is 10.2. The Morgan fingerprint density at radius 2 is 2.12 bits per heavy atom. The molecule has 9 heteroatoms. The van der Waals surface area contributed by atoms with Gasteiger partial charge in [-0.15, -0.1) is 0 Å². The molecule has 1 saturated heterocycles. The average molecular weight is 363 g/mol. The molecule has 1 N–H and O–H groups in total. The zero-order valence-corrected chi connectivity index (χ0v) is 15.0. The number of nitrogens with zero attached hydrogens (tertiary/aromatic N) is 4. The summed E-state index contributed by atoms with van der Waals surface area (Å²) in [6.07, 6.45) is 4.66. The van der Waals surface area contributed by atoms with Crippen molar-refractivity contribution in [2.45, 2.75) is 18.9 Å². The Bertz CT molecular complexity index is 848. The monoisotopic (exact) mass is 363 g/mol. The van der Waals surface area contributed by atoms with E-state index in [1.807, 2.05) is 24.4 Å². The Kier molecular flexibility index (Phi) is 4.89. The van der Waals surface area contributed by atoms with E-state index in [0.29, 0.717) is 25.1 Å². The number of hydrogen-bond donors (Lipinski definition) is 1. The highest BCUT2D eigenvalue weighted by molar-refractivity contribution is 7.86. The minimum Gasteiger partial charge on any atom is -0.325 e. The smallest absolute Gasteiger partial charge is 0.282 e. The van der Waals surface area contributed by atoms with E-state index in [1.165, 1.54) is 18.4 Å². The lowest BCUT2D eigenvalue weighted by Crippen LogP contribution is -2.47. The summed E-state index contributed by atoms with van der Waals surface area (Å²) < 4.78 is 28.8. The maximum atomic E-state index is 12.6. The largest absolute Gasteiger partial charge is 0.325 e. The number of benzene rings is 1. The van der Waals surface area contributed by atoms with Gasteiger partial charge in [-0.05, 0) is 37.1 Å². The fourth-order valence-electron chi connectivity index (χ4n) is 2.86. The van der Waals surface area contributed by atoms with Crippen LogP contribution in [-0.2, 0) is 15.0 Å². The third-order valence-electron chi connectivity index (χ3n) is 4.15. The summed E-state index contributed by atoms with van der Waals surface area (Å²) in [5, 5.41) is 6.98. The molecule has 0 bridgehead atoms. The molecule has 0 unspecified atom stereocenters. The Morgan fingerprint density at radius 3 is 2.80 bits per heavy atom. The van der Waals surface area contributed by atoms with Gasteiger partial charge in [-0.1, -0.05) is 6.07 Å². The molecule has 1 atom stereocenters. The molecule has 2 heterocycles. The Morgan fingerprint density at radius 1 is 1.32 bits per heavy atom. The molecule has 8 nitrogen and oxygen atoms in total. The van der Waals surface area contributed by atoms with Gasteiger partial charge in [0, 0.05) is 38.7 Å². The summed E-state index contributed by atoms with van der Waals surface area (Å²) in [6, 6.07) is 8.38. The molecular formula is C16H21N5O3S. The minimum atomic E-state index is -3.61. The van der Waals surface area contributed by atoms with E-state index in [4.69, 9.17) is 0 Å². The maximum absolute atomic E-state index is 12.6. The Labute approximate surface area is 147 Å². The van der Waals surface area contributed by atoms with Crippen LogP contribution in [-0.4, -0.2) is 59.4 Å². The number of aromatic nitrogens is 2. The Hall–Kier alpha value is -2.23. The minimum absolute atomic E-state index is 0.319. The molecule has 25 heavy (non-hydrogen) atoms. The van der Waals surface area contributed by atoms with E-state index in [-0.39, 0.29) is 5.91 Å². The maximum Gasteiger partial charge on any atom is 0.282 e. The summed E-state index contributed by atoms with van der Waals surface area (Å²) in [5.41, 5.74) is 1.42. The third-order valence-corrected chi connectivity index (χ3v) is 6.10. The summed E-state index contributed by atoms with van der Waals surface area (Å²) in [7, 11) is -0.678. The van der Waals surface area contributed by atoms with Crippen LogP contribution >= 0.6 is 0 Å². The molecule has 134 valence electrons. The highest BCUT2D eigenvalue weighted by Crippen LogP contribution is 2.24. The van der Waals surface area contributed by atoms with Crippen LogP contribution in [0.3, 0.4) is 0 Å². The van der Waals surface area contributed by atoms with Crippen molar-refractivity contribution < 1.29 is 13.2 Å². The van der Waals surface area contributed by atoms with E-state index in [9.17, 15) is 13.2 Å². The molecule has 1 aliphatic rings. The summed E-state index contributed by atoms with van der Waals surface area (Å²) in [4.78, 5) is 12.6. The molecule has 3 rings (SSSR count). The molecular weight excluding hydrogens is 342 g/mol. The van der Waals surface area contributed by atoms with E-state index < -0.39 is 16.3 Å². The van der Waals surface area contributed by atoms with Gasteiger partial charge in [-0.2, -0.15) is 22.1 Å². The predicted molar refractivity (Wildman–Crippen MR) is 94.5 cm³/mol. The van der Waals surface area contributed by atoms with E-state index >= 15 is 0 Å². The molecule has 0 radical (unpaired) electrons. The van der Waals surface area contributed by atoms with E-state index in [2.05, 4.69) is 10.4 Å². The molecule has 1 amide bonds. The molecule has 0 aliphatic carbocycles. The molecule has 1 aromatic heterocycles. The fraction of sp³-hybridized carbons (Fsp3) is 0.375. The van der Waals surface area contributed by atoms with Gasteiger partial charge in [-0.25, -0.2) is 4.68 Å². The number of carbonyl (C=O) groups excluding carboxylic acids is 1. The van der Waals surface area contributed by atoms with Gasteiger partial charge in [0.2, 0.25) is 5.91 Å². The summed E-state index contributed by atoms with van der Waals surface area (Å²) >= 11 is 0. The van der Waals surface area contributed by atoms with Crippen molar-refractivity contribution in [2.75, 3.05) is 26.0 Å². The quantitative estimate of drug-likeness (QED) is 0.861. The lowest BCUT2D eigenvalue weighted by Gasteiger charge is -2.26. The van der Waals surface area contributed by atoms with Crippen molar-refractivity contribution in [1.82, 2.24) is 18.4 Å². The van der Waals surface area contributed by atoms with Crippen LogP contribution in [0.5, 0.6) is 0 Å². The average Bonchev–Trinajstić information content (AvgIpc) is 3.27. The van der Waals surface area contributed by atoms with E-state index in [1.54, 1.807) is 23.0 Å². The number of nitrogens with one attached hydrogen (secondary N) is 1. The van der Waals surface area contributed by atoms with Gasteiger partial charge in [-0.3, -0.25) is 4.79 Å². The Balaban J connectivity index is 1.77. The molecule has 1 aromatic carbocycles. The van der Waals surface area contributed by atoms with Gasteiger partial charge in [0.05, 0.1) is 5.69 Å². The SMILES string of the molecule is CN(C)S(=O)(=O)N1CCC[C@H]1C(=O)Nc1cccc(-n2cccn2)c1. The van der Waals surface area contributed by atoms with Crippen LogP contribution in [0.1, 0.15) is 12.8 Å². The van der Waals surface area contributed by atoms with Gasteiger partial charge in [0.1, 0.15) is 6.04 Å². The van der Waals surface area contributed by atoms with Crippen LogP contribution in [0.15, 0.2) is 42.7 Å². The first-order valence-electron chi connectivity index (χ1n) is 8.00. The van der Waals surface area contributed by atoms with Crippen LogP contribution in [0.25, 0.3) is 5.69 Å². The standard InChI is InChI=1S/C16H21N5O3S/c1-19(2)25(23,24)21-11-4-8-15(21)16(22)18-13-6-3-7-14(12-13)20-10-5-9-17-20/h3,5-7,9-10,12,15H,4,8,11H2,1-2H3,(H,18,22)/t15-/m0/s1. The normalized spacial score (nSPS) is 18.6. The van der Waals surface area contributed by atoms with Gasteiger partial charge < -0.3 is 5.32 Å². The van der Waals surface area contributed by atoms with Gasteiger partial charge >= 0.3 is 0 Å². The highest BCUT2D eigenvalue weighted by Gasteiger charge is 2.39. The van der Waals surface area contributed by atoms with E-state index in [0.717, 1.165) is 9.99 Å². The second-order valence-electron chi connectivity index (χ2n) is 6.05. The van der Waals surface area contributed by atoms with Crippen LogP contribution in [0.4, 0.5) is 5.69 Å². The van der Waals surface area contributed by atoms with Gasteiger partial charge in [0.25, 0.3) is 10.2 Å². The number of amides is 1. The number of hydrogen-bond acceptors (Lipinski definition) is 4. The molecule has 0 saturated carbocycles. The van der Waals surface area contributed by atoms with Crippen LogP contribution in [0.2, 0.25) is 0 Å². The molecule has 0 spiro atoms. The zero-order valence-electron chi connectivity index (χ0n) is 14.2. The second-order valence-corrected chi connectivity index (χ2v) is 8.14. The highest BCUT2D eigenvalue weighted by atomic mass is 32.2. The topological polar surface area (TPSA) is 87.5 Å². The van der Waals surface area contributed by atoms with Gasteiger partial charge in [0.15, 0.2) is 0 Å². The van der Waals surface area contributed by atoms with Crippen molar-refractivity contribution in [2.24, 2.45) is 0 Å². The van der Waals surface area contributed by atoms with Crippen LogP contribution in [0, 0.1) is 0 Å². The van der Waals surface area contributed by atoms with Crippen molar-refractivity contribution in [3.8, 4) is 5.69 Å². The van der Waals surface area contributed by atoms with Crippen molar-refractivity contribution >= 4 is 21.8 Å². The first-order chi connectivity index (χ1) is 11.9. The fourth-order valence-corrected chi connectivity index (χ4v) is 4.16. The summed E-state index contributed by atoms with van der Waals surface area (Å²) in [6.45, 7) is 0.353. The summed E-state index contributed by atoms with van der Waals surface area (Å²) in [5.74, 6) is -0.319. The zero-order chi connectivity index (χ0) is 18.0. The van der Waals surface area contributed by atoms with Crippen molar-refractivity contribution in [3.63, 3.8) is 0 Å². The third kappa shape index (κ3) is 3.58.